The molecule has 0 aromatic carbocycles. The van der Waals surface area contributed by atoms with Crippen molar-refractivity contribution in [2.45, 2.75) is 72.3 Å². The van der Waals surface area contributed by atoms with Gasteiger partial charge in [-0.1, -0.05) is 12.5 Å². The normalized spacial score (nSPS) is 26.8. The second kappa shape index (κ2) is 6.55. The lowest BCUT2D eigenvalue weighted by Crippen LogP contribution is -2.42. The summed E-state index contributed by atoms with van der Waals surface area (Å²) < 4.78 is 5.90. The molecule has 3 heteroatoms. The third-order valence-corrected chi connectivity index (χ3v) is 4.26. The molecule has 0 saturated heterocycles. The van der Waals surface area contributed by atoms with Gasteiger partial charge in [0.2, 0.25) is 0 Å². The first-order chi connectivity index (χ1) is 9.24. The monoisotopic (exact) mass is 280 g/mol. The first-order valence-electron chi connectivity index (χ1n) is 7.59. The van der Waals surface area contributed by atoms with Crippen molar-refractivity contribution >= 4 is 12.3 Å². The molecule has 0 bridgehead atoms. The maximum atomic E-state index is 12.4. The highest BCUT2D eigenvalue weighted by Crippen LogP contribution is 2.38. The molecule has 2 atom stereocenters. The Labute approximate surface area is 122 Å². The topological polar surface area (TPSA) is 43.4 Å². The van der Waals surface area contributed by atoms with Gasteiger partial charge < -0.3 is 9.53 Å². The fourth-order valence-electron chi connectivity index (χ4n) is 2.67. The molecule has 3 nitrogen and oxygen atoms in total. The zero-order chi connectivity index (χ0) is 15.4. The summed E-state index contributed by atoms with van der Waals surface area (Å²) in [6.45, 7) is 9.82. The Bertz CT molecular complexity index is 391. The summed E-state index contributed by atoms with van der Waals surface area (Å²) in [5, 5.41) is 0. The van der Waals surface area contributed by atoms with Gasteiger partial charge in [0.05, 0.1) is 5.41 Å². The van der Waals surface area contributed by atoms with Crippen LogP contribution in [0.2, 0.25) is 0 Å². The van der Waals surface area contributed by atoms with Gasteiger partial charge in [-0.05, 0) is 59.5 Å². The van der Waals surface area contributed by atoms with Crippen LogP contribution in [0.5, 0.6) is 0 Å². The van der Waals surface area contributed by atoms with E-state index in [0.717, 1.165) is 37.5 Å². The van der Waals surface area contributed by atoms with Gasteiger partial charge in [-0.3, -0.25) is 4.79 Å². The van der Waals surface area contributed by atoms with Crippen LogP contribution in [-0.2, 0) is 14.3 Å². The zero-order valence-corrected chi connectivity index (χ0v) is 13.5. The van der Waals surface area contributed by atoms with Crippen LogP contribution in [-0.4, -0.2) is 17.9 Å². The summed E-state index contributed by atoms with van der Waals surface area (Å²) in [5.41, 5.74) is 0.0571. The minimum Gasteiger partial charge on any atom is -0.454 e. The van der Waals surface area contributed by atoms with Crippen molar-refractivity contribution < 1.29 is 14.3 Å². The van der Waals surface area contributed by atoms with Crippen molar-refractivity contribution in [3.05, 3.63) is 11.6 Å². The SMILES string of the molecule is CCC(C)(C)C(=O)OC1(C=C(C)C)CCCC(C=O)C1. The van der Waals surface area contributed by atoms with Crippen LogP contribution in [0, 0.1) is 11.3 Å². The smallest absolute Gasteiger partial charge is 0.312 e. The second-order valence-electron chi connectivity index (χ2n) is 6.91. The van der Waals surface area contributed by atoms with Crippen molar-refractivity contribution in [3.8, 4) is 0 Å². The highest BCUT2D eigenvalue weighted by Gasteiger charge is 2.41. The molecule has 20 heavy (non-hydrogen) atoms. The van der Waals surface area contributed by atoms with Gasteiger partial charge in [0.15, 0.2) is 0 Å². The number of aldehydes is 1. The Kier molecular flexibility index (Phi) is 5.55. The summed E-state index contributed by atoms with van der Waals surface area (Å²) in [6.07, 6.45) is 7.04. The maximum absolute atomic E-state index is 12.4. The van der Waals surface area contributed by atoms with Gasteiger partial charge in [-0.15, -0.1) is 0 Å². The predicted octanol–water partition coefficient (Wildman–Crippen LogP) is 4.06. The van der Waals surface area contributed by atoms with Crippen LogP contribution >= 0.6 is 0 Å². The van der Waals surface area contributed by atoms with Crippen molar-refractivity contribution in [1.29, 1.82) is 0 Å². The zero-order valence-electron chi connectivity index (χ0n) is 13.5. The van der Waals surface area contributed by atoms with Crippen LogP contribution < -0.4 is 0 Å². The first kappa shape index (κ1) is 16.9. The molecule has 2 unspecified atom stereocenters. The standard InChI is InChI=1S/C17H28O3/c1-6-16(4,5)15(19)20-17(10-13(2)3)9-7-8-14(11-17)12-18/h10,12,14H,6-9,11H2,1-5H3. The summed E-state index contributed by atoms with van der Waals surface area (Å²) in [6, 6.07) is 0. The number of carbonyl (C=O) groups excluding carboxylic acids is 2. The van der Waals surface area contributed by atoms with Crippen molar-refractivity contribution in [2.75, 3.05) is 0 Å². The summed E-state index contributed by atoms with van der Waals surface area (Å²) >= 11 is 0. The first-order valence-corrected chi connectivity index (χ1v) is 7.59. The van der Waals surface area contributed by atoms with Crippen LogP contribution in [0.15, 0.2) is 11.6 Å². The second-order valence-corrected chi connectivity index (χ2v) is 6.91. The highest BCUT2D eigenvalue weighted by molar-refractivity contribution is 5.76. The van der Waals surface area contributed by atoms with Crippen molar-refractivity contribution in [1.82, 2.24) is 0 Å². The maximum Gasteiger partial charge on any atom is 0.312 e. The molecule has 0 aliphatic heterocycles. The van der Waals surface area contributed by atoms with Crippen LogP contribution in [0.1, 0.15) is 66.7 Å². The molecule has 0 aromatic heterocycles. The largest absolute Gasteiger partial charge is 0.454 e. The summed E-state index contributed by atoms with van der Waals surface area (Å²) in [7, 11) is 0. The van der Waals surface area contributed by atoms with Gasteiger partial charge in [-0.25, -0.2) is 0 Å². The number of carbonyl (C=O) groups is 2. The van der Waals surface area contributed by atoms with E-state index in [-0.39, 0.29) is 11.9 Å². The highest BCUT2D eigenvalue weighted by atomic mass is 16.6. The molecule has 0 radical (unpaired) electrons. The van der Waals surface area contributed by atoms with Gasteiger partial charge in [0, 0.05) is 12.3 Å². The van der Waals surface area contributed by atoms with E-state index >= 15 is 0 Å². The average molecular weight is 280 g/mol. The minimum absolute atomic E-state index is 0.00288. The lowest BCUT2D eigenvalue weighted by molar-refractivity contribution is -0.170. The molecule has 0 amide bonds. The minimum atomic E-state index is -0.591. The average Bonchev–Trinajstić information content (AvgIpc) is 2.37. The third kappa shape index (κ3) is 4.19. The lowest BCUT2D eigenvalue weighted by atomic mass is 9.77. The van der Waals surface area contributed by atoms with Crippen molar-refractivity contribution in [3.63, 3.8) is 0 Å². The third-order valence-electron chi connectivity index (χ3n) is 4.26. The van der Waals surface area contributed by atoms with E-state index in [4.69, 9.17) is 4.74 Å². The Morgan fingerprint density at radius 2 is 2.05 bits per heavy atom. The van der Waals surface area contributed by atoms with Crippen LogP contribution in [0.25, 0.3) is 0 Å². The molecule has 1 fully saturated rings. The van der Waals surface area contributed by atoms with E-state index in [0.29, 0.717) is 6.42 Å². The number of esters is 1. The molecule has 0 spiro atoms. The molecule has 1 rings (SSSR count). The molecule has 0 N–H and O–H groups in total. The molecule has 1 aliphatic carbocycles. The number of hydrogen-bond acceptors (Lipinski definition) is 3. The van der Waals surface area contributed by atoms with Gasteiger partial charge in [0.25, 0.3) is 0 Å². The van der Waals surface area contributed by atoms with E-state index in [9.17, 15) is 9.59 Å². The van der Waals surface area contributed by atoms with E-state index in [1.165, 1.54) is 0 Å². The van der Waals surface area contributed by atoms with Gasteiger partial charge >= 0.3 is 5.97 Å². The van der Waals surface area contributed by atoms with Crippen LogP contribution in [0.4, 0.5) is 0 Å². The summed E-state index contributed by atoms with van der Waals surface area (Å²) in [5.74, 6) is -0.166. The number of rotatable bonds is 5. The molecule has 1 saturated carbocycles. The molecule has 114 valence electrons. The van der Waals surface area contributed by atoms with Crippen molar-refractivity contribution in [2.24, 2.45) is 11.3 Å². The number of ether oxygens (including phenoxy) is 1. The Morgan fingerprint density at radius 3 is 2.55 bits per heavy atom. The molecular weight excluding hydrogens is 252 g/mol. The molecule has 0 aromatic rings. The van der Waals surface area contributed by atoms with E-state index in [2.05, 4.69) is 0 Å². The van der Waals surface area contributed by atoms with Gasteiger partial charge in [0.1, 0.15) is 11.9 Å². The fraction of sp³-hybridized carbons (Fsp3) is 0.765. The molecule has 1 aliphatic rings. The molecule has 0 heterocycles. The molecular formula is C17H28O3. The predicted molar refractivity (Wildman–Crippen MR) is 80.3 cm³/mol. The number of hydrogen-bond donors (Lipinski definition) is 0. The van der Waals surface area contributed by atoms with E-state index in [1.807, 2.05) is 40.7 Å². The van der Waals surface area contributed by atoms with Gasteiger partial charge in [-0.2, -0.15) is 0 Å². The van der Waals surface area contributed by atoms with E-state index < -0.39 is 11.0 Å². The summed E-state index contributed by atoms with van der Waals surface area (Å²) in [4.78, 5) is 23.5. The number of allylic oxidation sites excluding steroid dienone is 1. The fourth-order valence-corrected chi connectivity index (χ4v) is 2.67. The Balaban J connectivity index is 2.98. The quantitative estimate of drug-likeness (QED) is 0.433. The van der Waals surface area contributed by atoms with Crippen LogP contribution in [0.3, 0.4) is 0 Å². The Morgan fingerprint density at radius 1 is 1.40 bits per heavy atom. The van der Waals surface area contributed by atoms with E-state index in [1.54, 1.807) is 0 Å². The lowest BCUT2D eigenvalue weighted by Gasteiger charge is -2.39. The Hall–Kier alpha value is -1.12.